The molecule has 2 fully saturated rings. The third-order valence-electron chi connectivity index (χ3n) is 6.45. The van der Waals surface area contributed by atoms with Crippen molar-refractivity contribution in [2.45, 2.75) is 57.8 Å². The predicted octanol–water partition coefficient (Wildman–Crippen LogP) is 1.01. The van der Waals surface area contributed by atoms with Gasteiger partial charge >= 0.3 is 0 Å². The molecule has 28 heavy (non-hydrogen) atoms. The topological polar surface area (TPSA) is 95.7 Å². The number of hydrogen-bond donors (Lipinski definition) is 2. The highest BCUT2D eigenvalue weighted by atomic mass is 16.2. The summed E-state index contributed by atoms with van der Waals surface area (Å²) in [7, 11) is 0. The zero-order valence-electron chi connectivity index (χ0n) is 16.3. The largest absolute Gasteiger partial charge is 0.328 e. The lowest BCUT2D eigenvalue weighted by atomic mass is 9.90. The number of nitrogens with one attached hydrogen (secondary N) is 1. The highest BCUT2D eigenvalue weighted by Gasteiger charge is 2.39. The summed E-state index contributed by atoms with van der Waals surface area (Å²) in [6.07, 6.45) is 2.88. The summed E-state index contributed by atoms with van der Waals surface area (Å²) < 4.78 is 0. The molecule has 2 saturated heterocycles. The van der Waals surface area contributed by atoms with Crippen molar-refractivity contribution in [2.75, 3.05) is 13.1 Å². The van der Waals surface area contributed by atoms with E-state index in [0.717, 1.165) is 43.6 Å². The van der Waals surface area contributed by atoms with Crippen LogP contribution in [-0.2, 0) is 22.7 Å². The Hall–Kier alpha value is -2.25. The van der Waals surface area contributed by atoms with E-state index in [1.54, 1.807) is 4.90 Å². The van der Waals surface area contributed by atoms with Crippen LogP contribution in [0.15, 0.2) is 18.2 Å². The summed E-state index contributed by atoms with van der Waals surface area (Å²) in [4.78, 5) is 40.6. The van der Waals surface area contributed by atoms with Crippen molar-refractivity contribution < 1.29 is 14.4 Å². The van der Waals surface area contributed by atoms with Gasteiger partial charge < -0.3 is 10.6 Å². The molecule has 0 radical (unpaired) electrons. The first-order valence-corrected chi connectivity index (χ1v) is 10.2. The van der Waals surface area contributed by atoms with Crippen LogP contribution in [-0.4, -0.2) is 52.7 Å². The second-order valence-electron chi connectivity index (χ2n) is 8.32. The van der Waals surface area contributed by atoms with Crippen LogP contribution in [0.2, 0.25) is 0 Å². The van der Waals surface area contributed by atoms with Gasteiger partial charge in [0.25, 0.3) is 5.91 Å². The number of nitrogens with two attached hydrogens (primary N) is 1. The number of fused-ring (bicyclic) bond motifs is 1. The zero-order chi connectivity index (χ0) is 19.8. The lowest BCUT2D eigenvalue weighted by molar-refractivity contribution is -0.136. The van der Waals surface area contributed by atoms with Crippen molar-refractivity contribution in [3.05, 3.63) is 34.9 Å². The normalized spacial score (nSPS) is 25.0. The van der Waals surface area contributed by atoms with E-state index in [9.17, 15) is 14.4 Å². The minimum absolute atomic E-state index is 0.109. The number of likely N-dealkylation sites (tertiary alicyclic amines) is 1. The number of amides is 3. The summed E-state index contributed by atoms with van der Waals surface area (Å²) in [6.45, 7) is 5.36. The SMILES string of the molecule is C[C@H](N)C1CCN(Cc2cccc3c2CN(C2CCC(=O)NC2=O)C3=O)CC1. The molecule has 1 unspecified atom stereocenters. The zero-order valence-corrected chi connectivity index (χ0v) is 16.3. The third kappa shape index (κ3) is 3.56. The van der Waals surface area contributed by atoms with E-state index in [2.05, 4.69) is 23.2 Å². The standard InChI is InChI=1S/C21H28N4O3/c1-13(22)14-7-9-24(10-8-14)11-15-3-2-4-16-17(15)12-25(21(16)28)18-5-6-19(26)23-20(18)27/h2-4,13-14,18H,5-12,22H2,1H3,(H,23,26,27)/t13-,18?/m0/s1. The second kappa shape index (κ2) is 7.64. The number of hydrogen-bond acceptors (Lipinski definition) is 5. The molecule has 150 valence electrons. The Morgan fingerprint density at radius 3 is 2.61 bits per heavy atom. The van der Waals surface area contributed by atoms with Gasteiger partial charge in [0.05, 0.1) is 0 Å². The first-order chi connectivity index (χ1) is 13.4. The maximum atomic E-state index is 12.9. The van der Waals surface area contributed by atoms with Crippen LogP contribution in [0.5, 0.6) is 0 Å². The van der Waals surface area contributed by atoms with E-state index in [1.807, 2.05) is 12.1 Å². The first-order valence-electron chi connectivity index (χ1n) is 10.2. The maximum Gasteiger partial charge on any atom is 0.255 e. The van der Waals surface area contributed by atoms with Crippen molar-refractivity contribution in [3.63, 3.8) is 0 Å². The molecule has 3 N–H and O–H groups in total. The molecule has 1 aromatic carbocycles. The molecule has 7 nitrogen and oxygen atoms in total. The number of piperidine rings is 2. The van der Waals surface area contributed by atoms with Crippen molar-refractivity contribution >= 4 is 17.7 Å². The van der Waals surface area contributed by atoms with Gasteiger partial charge in [0, 0.05) is 31.1 Å². The molecule has 0 spiro atoms. The molecule has 0 aliphatic carbocycles. The Morgan fingerprint density at radius 2 is 1.93 bits per heavy atom. The molecular formula is C21H28N4O3. The van der Waals surface area contributed by atoms with Gasteiger partial charge in [-0.05, 0) is 62.4 Å². The van der Waals surface area contributed by atoms with Crippen LogP contribution in [0.1, 0.15) is 54.1 Å². The smallest absolute Gasteiger partial charge is 0.255 e. The summed E-state index contributed by atoms with van der Waals surface area (Å²) in [6, 6.07) is 5.53. The van der Waals surface area contributed by atoms with Crippen molar-refractivity contribution in [1.82, 2.24) is 15.1 Å². The Bertz CT molecular complexity index is 799. The number of carbonyl (C=O) groups is 3. The molecule has 0 bridgehead atoms. The fraction of sp³-hybridized carbons (Fsp3) is 0.571. The molecule has 0 aromatic heterocycles. The van der Waals surface area contributed by atoms with Crippen molar-refractivity contribution in [2.24, 2.45) is 11.7 Å². The number of benzene rings is 1. The number of rotatable bonds is 4. The molecule has 1 aromatic rings. The summed E-state index contributed by atoms with van der Waals surface area (Å²) in [5, 5.41) is 2.36. The fourth-order valence-electron chi connectivity index (χ4n) is 4.68. The molecule has 0 saturated carbocycles. The molecule has 2 atom stereocenters. The van der Waals surface area contributed by atoms with E-state index in [1.165, 1.54) is 0 Å². The lowest BCUT2D eigenvalue weighted by Crippen LogP contribution is -2.52. The van der Waals surface area contributed by atoms with Crippen molar-refractivity contribution in [3.8, 4) is 0 Å². The first kappa shape index (κ1) is 19.1. The van der Waals surface area contributed by atoms with Gasteiger partial charge in [-0.25, -0.2) is 0 Å². The van der Waals surface area contributed by atoms with Crippen LogP contribution in [0.4, 0.5) is 0 Å². The van der Waals surface area contributed by atoms with Crippen LogP contribution < -0.4 is 11.1 Å². The van der Waals surface area contributed by atoms with Gasteiger partial charge in [-0.2, -0.15) is 0 Å². The van der Waals surface area contributed by atoms with E-state index in [0.29, 0.717) is 24.4 Å². The fourth-order valence-corrected chi connectivity index (χ4v) is 4.68. The quantitative estimate of drug-likeness (QED) is 0.756. The predicted molar refractivity (Wildman–Crippen MR) is 104 cm³/mol. The maximum absolute atomic E-state index is 12.9. The molecule has 3 amide bonds. The van der Waals surface area contributed by atoms with Gasteiger partial charge in [-0.15, -0.1) is 0 Å². The average molecular weight is 384 g/mol. The lowest BCUT2D eigenvalue weighted by Gasteiger charge is -2.34. The van der Waals surface area contributed by atoms with E-state index in [-0.39, 0.29) is 30.2 Å². The number of nitrogens with zero attached hydrogens (tertiary/aromatic N) is 2. The minimum Gasteiger partial charge on any atom is -0.328 e. The molecule has 3 aliphatic rings. The van der Waals surface area contributed by atoms with E-state index >= 15 is 0 Å². The Balaban J connectivity index is 1.47. The van der Waals surface area contributed by atoms with Gasteiger partial charge in [0.2, 0.25) is 11.8 Å². The highest BCUT2D eigenvalue weighted by Crippen LogP contribution is 2.31. The van der Waals surface area contributed by atoms with Crippen LogP contribution in [0.25, 0.3) is 0 Å². The summed E-state index contributed by atoms with van der Waals surface area (Å²) in [5.74, 6) is -0.150. The van der Waals surface area contributed by atoms with Gasteiger partial charge in [-0.1, -0.05) is 12.1 Å². The summed E-state index contributed by atoms with van der Waals surface area (Å²) >= 11 is 0. The Kier molecular flexibility index (Phi) is 5.21. The molecule has 3 heterocycles. The second-order valence-corrected chi connectivity index (χ2v) is 8.32. The van der Waals surface area contributed by atoms with Crippen LogP contribution >= 0.6 is 0 Å². The van der Waals surface area contributed by atoms with Crippen molar-refractivity contribution in [1.29, 1.82) is 0 Å². The number of imide groups is 1. The van der Waals surface area contributed by atoms with Gasteiger partial charge in [0.15, 0.2) is 0 Å². The average Bonchev–Trinajstić information content (AvgIpc) is 3.00. The summed E-state index contributed by atoms with van der Waals surface area (Å²) in [5.41, 5.74) is 8.91. The van der Waals surface area contributed by atoms with Gasteiger partial charge in [-0.3, -0.25) is 24.6 Å². The minimum atomic E-state index is -0.563. The van der Waals surface area contributed by atoms with Crippen LogP contribution in [0.3, 0.4) is 0 Å². The van der Waals surface area contributed by atoms with E-state index < -0.39 is 6.04 Å². The molecule has 7 heteroatoms. The van der Waals surface area contributed by atoms with Gasteiger partial charge in [0.1, 0.15) is 6.04 Å². The third-order valence-corrected chi connectivity index (χ3v) is 6.45. The Labute approximate surface area is 165 Å². The van der Waals surface area contributed by atoms with E-state index in [4.69, 9.17) is 5.73 Å². The van der Waals surface area contributed by atoms with Crippen LogP contribution in [0, 0.1) is 5.92 Å². The Morgan fingerprint density at radius 1 is 1.18 bits per heavy atom. The number of carbonyl (C=O) groups excluding carboxylic acids is 3. The molecule has 3 aliphatic heterocycles. The highest BCUT2D eigenvalue weighted by molar-refractivity contribution is 6.05. The molecular weight excluding hydrogens is 356 g/mol. The molecule has 4 rings (SSSR count). The monoisotopic (exact) mass is 384 g/mol.